The van der Waals surface area contributed by atoms with Crippen LogP contribution in [0.25, 0.3) is 0 Å². The predicted molar refractivity (Wildman–Crippen MR) is 87.5 cm³/mol. The minimum atomic E-state index is -0.527. The molecule has 2 aliphatic heterocycles. The highest BCUT2D eigenvalue weighted by atomic mass is 16.5. The zero-order valence-corrected chi connectivity index (χ0v) is 13.8. The first-order valence-corrected chi connectivity index (χ1v) is 8.56. The van der Waals surface area contributed by atoms with Gasteiger partial charge in [0.2, 0.25) is 5.91 Å². The van der Waals surface area contributed by atoms with E-state index >= 15 is 0 Å². The number of hydrogen-bond acceptors (Lipinski definition) is 5. The first-order valence-electron chi connectivity index (χ1n) is 8.56. The lowest BCUT2D eigenvalue weighted by Gasteiger charge is -2.32. The Hall–Kier alpha value is -1.93. The molecule has 2 saturated heterocycles. The highest BCUT2D eigenvalue weighted by molar-refractivity contribution is 5.90. The SMILES string of the molecule is NC(=O)c1cc([C@@H]2CCCN(CC(=O)NC3CCOCC3)C2)[nH]n1. The molecular formula is C16H25N5O3. The summed E-state index contributed by atoms with van der Waals surface area (Å²) in [6.45, 7) is 3.54. The summed E-state index contributed by atoms with van der Waals surface area (Å²) in [6, 6.07) is 1.95. The Morgan fingerprint density at radius 2 is 2.17 bits per heavy atom. The van der Waals surface area contributed by atoms with Gasteiger partial charge in [-0.2, -0.15) is 5.10 Å². The number of rotatable bonds is 5. The van der Waals surface area contributed by atoms with Crippen LogP contribution in [0.1, 0.15) is 47.8 Å². The standard InChI is InChI=1S/C16H25N5O3/c17-16(23)14-8-13(19-20-14)11-2-1-5-21(9-11)10-15(22)18-12-3-6-24-7-4-12/h8,11-12H,1-7,9-10H2,(H2,17,23)(H,18,22)(H,19,20)/t11-/m1/s1. The first kappa shape index (κ1) is 16.9. The summed E-state index contributed by atoms with van der Waals surface area (Å²) in [4.78, 5) is 25.6. The van der Waals surface area contributed by atoms with Crippen molar-refractivity contribution >= 4 is 11.8 Å². The Balaban J connectivity index is 1.51. The van der Waals surface area contributed by atoms with Crippen molar-refractivity contribution in [3.63, 3.8) is 0 Å². The molecule has 0 unspecified atom stereocenters. The highest BCUT2D eigenvalue weighted by Crippen LogP contribution is 2.25. The van der Waals surface area contributed by atoms with E-state index in [2.05, 4.69) is 20.4 Å². The van der Waals surface area contributed by atoms with Gasteiger partial charge in [0.05, 0.1) is 6.54 Å². The number of piperidine rings is 1. The second kappa shape index (κ2) is 7.76. The summed E-state index contributed by atoms with van der Waals surface area (Å²) in [5.74, 6) is -0.207. The van der Waals surface area contributed by atoms with E-state index in [1.54, 1.807) is 6.07 Å². The van der Waals surface area contributed by atoms with Crippen LogP contribution in [-0.4, -0.2) is 65.8 Å². The van der Waals surface area contributed by atoms with Gasteiger partial charge in [-0.15, -0.1) is 0 Å². The third kappa shape index (κ3) is 4.33. The fourth-order valence-electron chi connectivity index (χ4n) is 3.44. The lowest BCUT2D eigenvalue weighted by molar-refractivity contribution is -0.123. The third-order valence-corrected chi connectivity index (χ3v) is 4.75. The van der Waals surface area contributed by atoms with Gasteiger partial charge >= 0.3 is 0 Å². The number of aromatic nitrogens is 2. The second-order valence-electron chi connectivity index (χ2n) is 6.60. The molecule has 8 heteroatoms. The molecule has 0 aromatic carbocycles. The minimum Gasteiger partial charge on any atom is -0.381 e. The molecule has 2 aliphatic rings. The lowest BCUT2D eigenvalue weighted by atomic mass is 9.94. The normalized spacial score (nSPS) is 23.1. The largest absolute Gasteiger partial charge is 0.381 e. The predicted octanol–water partition coefficient (Wildman–Crippen LogP) is -0.0168. The summed E-state index contributed by atoms with van der Waals surface area (Å²) in [5.41, 5.74) is 6.42. The van der Waals surface area contributed by atoms with Crippen molar-refractivity contribution in [1.82, 2.24) is 20.4 Å². The van der Waals surface area contributed by atoms with Crippen LogP contribution in [0.3, 0.4) is 0 Å². The number of primary amides is 1. The smallest absolute Gasteiger partial charge is 0.269 e. The van der Waals surface area contributed by atoms with E-state index < -0.39 is 5.91 Å². The third-order valence-electron chi connectivity index (χ3n) is 4.75. The zero-order valence-electron chi connectivity index (χ0n) is 13.8. The molecule has 0 saturated carbocycles. The van der Waals surface area contributed by atoms with E-state index in [4.69, 9.17) is 10.5 Å². The Morgan fingerprint density at radius 3 is 2.88 bits per heavy atom. The molecule has 24 heavy (non-hydrogen) atoms. The molecule has 2 amide bonds. The van der Waals surface area contributed by atoms with Crippen molar-refractivity contribution in [3.05, 3.63) is 17.5 Å². The molecular weight excluding hydrogens is 310 g/mol. The molecule has 0 aliphatic carbocycles. The number of amides is 2. The van der Waals surface area contributed by atoms with E-state index in [9.17, 15) is 9.59 Å². The number of nitrogens with two attached hydrogens (primary N) is 1. The summed E-state index contributed by atoms with van der Waals surface area (Å²) in [5, 5.41) is 9.95. The van der Waals surface area contributed by atoms with Gasteiger partial charge < -0.3 is 15.8 Å². The van der Waals surface area contributed by atoms with Gasteiger partial charge in [-0.05, 0) is 38.3 Å². The fourth-order valence-corrected chi connectivity index (χ4v) is 3.44. The first-order chi connectivity index (χ1) is 11.6. The van der Waals surface area contributed by atoms with Gasteiger partial charge in [0.15, 0.2) is 0 Å². The van der Waals surface area contributed by atoms with Crippen molar-refractivity contribution in [2.24, 2.45) is 5.73 Å². The number of carbonyl (C=O) groups excluding carboxylic acids is 2. The van der Waals surface area contributed by atoms with E-state index in [0.717, 1.165) is 57.7 Å². The average Bonchev–Trinajstić information content (AvgIpc) is 3.06. The molecule has 1 aromatic heterocycles. The number of H-pyrrole nitrogens is 1. The average molecular weight is 335 g/mol. The summed E-state index contributed by atoms with van der Waals surface area (Å²) in [7, 11) is 0. The zero-order chi connectivity index (χ0) is 16.9. The van der Waals surface area contributed by atoms with Crippen LogP contribution in [0, 0.1) is 0 Å². The van der Waals surface area contributed by atoms with Crippen molar-refractivity contribution in [1.29, 1.82) is 0 Å². The second-order valence-corrected chi connectivity index (χ2v) is 6.60. The molecule has 4 N–H and O–H groups in total. The minimum absolute atomic E-state index is 0.0741. The van der Waals surface area contributed by atoms with Gasteiger partial charge in [-0.3, -0.25) is 19.6 Å². The maximum atomic E-state index is 12.2. The highest BCUT2D eigenvalue weighted by Gasteiger charge is 2.25. The van der Waals surface area contributed by atoms with Crippen LogP contribution >= 0.6 is 0 Å². The molecule has 8 nitrogen and oxygen atoms in total. The molecule has 2 fully saturated rings. The number of likely N-dealkylation sites (tertiary alicyclic amines) is 1. The summed E-state index contributed by atoms with van der Waals surface area (Å²) < 4.78 is 5.31. The van der Waals surface area contributed by atoms with Gasteiger partial charge in [-0.1, -0.05) is 0 Å². The van der Waals surface area contributed by atoms with Crippen molar-refractivity contribution in [3.8, 4) is 0 Å². The van der Waals surface area contributed by atoms with Crippen molar-refractivity contribution < 1.29 is 14.3 Å². The van der Waals surface area contributed by atoms with Crippen LogP contribution < -0.4 is 11.1 Å². The number of ether oxygens (including phenoxy) is 1. The van der Waals surface area contributed by atoms with Crippen LogP contribution in [0.5, 0.6) is 0 Å². The lowest BCUT2D eigenvalue weighted by Crippen LogP contribution is -2.46. The molecule has 0 radical (unpaired) electrons. The monoisotopic (exact) mass is 335 g/mol. The molecule has 3 heterocycles. The van der Waals surface area contributed by atoms with Gasteiger partial charge in [0.25, 0.3) is 5.91 Å². The molecule has 3 rings (SSSR count). The maximum Gasteiger partial charge on any atom is 0.269 e. The Morgan fingerprint density at radius 1 is 1.38 bits per heavy atom. The van der Waals surface area contributed by atoms with E-state index in [-0.39, 0.29) is 23.6 Å². The summed E-state index contributed by atoms with van der Waals surface area (Å²) in [6.07, 6.45) is 3.80. The van der Waals surface area contributed by atoms with Crippen LogP contribution in [0.4, 0.5) is 0 Å². The van der Waals surface area contributed by atoms with E-state index in [1.165, 1.54) is 0 Å². The number of nitrogens with one attached hydrogen (secondary N) is 2. The quantitative estimate of drug-likeness (QED) is 0.700. The Labute approximate surface area is 141 Å². The summed E-state index contributed by atoms with van der Waals surface area (Å²) >= 11 is 0. The topological polar surface area (TPSA) is 113 Å². The maximum absolute atomic E-state index is 12.2. The Bertz CT molecular complexity index is 582. The molecule has 1 atom stereocenters. The van der Waals surface area contributed by atoms with Crippen LogP contribution in [0.15, 0.2) is 6.07 Å². The van der Waals surface area contributed by atoms with Crippen molar-refractivity contribution in [2.75, 3.05) is 32.8 Å². The van der Waals surface area contributed by atoms with Gasteiger partial charge in [-0.25, -0.2) is 0 Å². The van der Waals surface area contributed by atoms with E-state index in [1.807, 2.05) is 0 Å². The molecule has 0 bridgehead atoms. The fraction of sp³-hybridized carbons (Fsp3) is 0.688. The number of nitrogens with zero attached hydrogens (tertiary/aromatic N) is 2. The molecule has 0 spiro atoms. The number of hydrogen-bond donors (Lipinski definition) is 3. The molecule has 1 aromatic rings. The van der Waals surface area contributed by atoms with E-state index in [0.29, 0.717) is 6.54 Å². The Kier molecular flexibility index (Phi) is 5.47. The van der Waals surface area contributed by atoms with Gasteiger partial charge in [0.1, 0.15) is 5.69 Å². The van der Waals surface area contributed by atoms with Crippen LogP contribution in [-0.2, 0) is 9.53 Å². The van der Waals surface area contributed by atoms with Crippen LogP contribution in [0.2, 0.25) is 0 Å². The molecule has 132 valence electrons. The van der Waals surface area contributed by atoms with Gasteiger partial charge in [0, 0.05) is 37.4 Å². The number of carbonyl (C=O) groups is 2. The number of aromatic amines is 1. The van der Waals surface area contributed by atoms with Crippen molar-refractivity contribution in [2.45, 2.75) is 37.6 Å².